The van der Waals surface area contributed by atoms with Crippen molar-refractivity contribution < 1.29 is 14.3 Å². The van der Waals surface area contributed by atoms with Crippen LogP contribution in [0.1, 0.15) is 5.56 Å². The van der Waals surface area contributed by atoms with Crippen molar-refractivity contribution in [2.24, 2.45) is 0 Å². The number of aryl methyl sites for hydroxylation is 1. The van der Waals surface area contributed by atoms with Crippen LogP contribution in [0.2, 0.25) is 5.02 Å². The van der Waals surface area contributed by atoms with Crippen molar-refractivity contribution in [2.45, 2.75) is 6.92 Å². The number of benzene rings is 2. The number of carbonyl (C=O) groups is 1. The second kappa shape index (κ2) is 8.23. The normalized spacial score (nSPS) is 14.2. The van der Waals surface area contributed by atoms with Gasteiger partial charge in [-0.05, 0) is 55.0 Å². The molecule has 25 heavy (non-hydrogen) atoms. The lowest BCUT2D eigenvalue weighted by atomic mass is 10.2. The number of halogens is 1. The number of ether oxygens (including phenoxy) is 2. The Bertz CT molecular complexity index is 728. The van der Waals surface area contributed by atoms with E-state index in [-0.39, 0.29) is 12.5 Å². The van der Waals surface area contributed by atoms with E-state index in [1.54, 1.807) is 18.2 Å². The van der Waals surface area contributed by atoms with Crippen molar-refractivity contribution in [2.75, 3.05) is 43.1 Å². The van der Waals surface area contributed by atoms with Crippen LogP contribution in [0.25, 0.3) is 0 Å². The van der Waals surface area contributed by atoms with Gasteiger partial charge in [-0.3, -0.25) is 4.79 Å². The Labute approximate surface area is 152 Å². The summed E-state index contributed by atoms with van der Waals surface area (Å²) in [4.78, 5) is 14.3. The summed E-state index contributed by atoms with van der Waals surface area (Å²) in [5.74, 6) is 0.454. The van der Waals surface area contributed by atoms with Crippen molar-refractivity contribution in [3.8, 4) is 5.75 Å². The molecule has 1 fully saturated rings. The number of carbonyl (C=O) groups excluding carboxylic acids is 1. The van der Waals surface area contributed by atoms with Gasteiger partial charge in [0.15, 0.2) is 6.61 Å². The molecule has 2 aromatic carbocycles. The molecule has 1 N–H and O–H groups in total. The Morgan fingerprint density at radius 1 is 1.20 bits per heavy atom. The van der Waals surface area contributed by atoms with Gasteiger partial charge in [-0.2, -0.15) is 0 Å². The smallest absolute Gasteiger partial charge is 0.262 e. The van der Waals surface area contributed by atoms with Gasteiger partial charge in [-0.15, -0.1) is 0 Å². The van der Waals surface area contributed by atoms with Crippen molar-refractivity contribution in [1.82, 2.24) is 0 Å². The van der Waals surface area contributed by atoms with Crippen molar-refractivity contribution >= 4 is 28.9 Å². The van der Waals surface area contributed by atoms with Crippen LogP contribution < -0.4 is 15.0 Å². The zero-order valence-electron chi connectivity index (χ0n) is 14.1. The number of hydrogen-bond acceptors (Lipinski definition) is 4. The molecule has 2 aromatic rings. The molecule has 0 atom stereocenters. The zero-order chi connectivity index (χ0) is 17.6. The van der Waals surface area contributed by atoms with Gasteiger partial charge in [0.25, 0.3) is 5.91 Å². The molecule has 1 saturated heterocycles. The molecule has 0 spiro atoms. The van der Waals surface area contributed by atoms with Crippen LogP contribution in [0.3, 0.4) is 0 Å². The van der Waals surface area contributed by atoms with Crippen LogP contribution in [0, 0.1) is 6.92 Å². The lowest BCUT2D eigenvalue weighted by molar-refractivity contribution is -0.118. The Morgan fingerprint density at radius 3 is 2.60 bits per heavy atom. The molecule has 132 valence electrons. The summed E-state index contributed by atoms with van der Waals surface area (Å²) in [5.41, 5.74) is 2.78. The Balaban J connectivity index is 1.52. The van der Waals surface area contributed by atoms with Crippen LogP contribution in [0.5, 0.6) is 5.75 Å². The third kappa shape index (κ3) is 4.87. The van der Waals surface area contributed by atoms with Gasteiger partial charge in [-0.1, -0.05) is 11.6 Å². The summed E-state index contributed by atoms with van der Waals surface area (Å²) in [6, 6.07) is 13.1. The maximum Gasteiger partial charge on any atom is 0.262 e. The third-order valence-corrected chi connectivity index (χ3v) is 4.26. The first kappa shape index (κ1) is 17.6. The fourth-order valence-electron chi connectivity index (χ4n) is 2.69. The highest BCUT2D eigenvalue weighted by atomic mass is 35.5. The minimum Gasteiger partial charge on any atom is -0.483 e. The molecule has 5 nitrogen and oxygen atoms in total. The summed E-state index contributed by atoms with van der Waals surface area (Å²) >= 11 is 5.91. The highest BCUT2D eigenvalue weighted by molar-refractivity contribution is 6.30. The van der Waals surface area contributed by atoms with E-state index in [2.05, 4.69) is 10.2 Å². The molecule has 0 saturated carbocycles. The van der Waals surface area contributed by atoms with E-state index in [4.69, 9.17) is 21.1 Å². The number of hydrogen-bond donors (Lipinski definition) is 1. The molecule has 1 amide bonds. The van der Waals surface area contributed by atoms with Gasteiger partial charge >= 0.3 is 0 Å². The van der Waals surface area contributed by atoms with Crippen LogP contribution in [-0.4, -0.2) is 38.8 Å². The lowest BCUT2D eigenvalue weighted by Gasteiger charge is -2.28. The monoisotopic (exact) mass is 360 g/mol. The highest BCUT2D eigenvalue weighted by Gasteiger charge is 2.11. The van der Waals surface area contributed by atoms with Crippen molar-refractivity contribution in [3.05, 3.63) is 53.1 Å². The zero-order valence-corrected chi connectivity index (χ0v) is 14.9. The van der Waals surface area contributed by atoms with Gasteiger partial charge in [0.1, 0.15) is 5.75 Å². The fraction of sp³-hybridized carbons (Fsp3) is 0.316. The van der Waals surface area contributed by atoms with E-state index >= 15 is 0 Å². The van der Waals surface area contributed by atoms with Crippen LogP contribution >= 0.6 is 11.6 Å². The topological polar surface area (TPSA) is 50.8 Å². The minimum absolute atomic E-state index is 0.0479. The highest BCUT2D eigenvalue weighted by Crippen LogP contribution is 2.22. The van der Waals surface area contributed by atoms with E-state index < -0.39 is 0 Å². The van der Waals surface area contributed by atoms with Gasteiger partial charge in [0.05, 0.1) is 13.2 Å². The predicted octanol–water partition coefficient (Wildman–Crippen LogP) is 3.50. The summed E-state index contributed by atoms with van der Waals surface area (Å²) < 4.78 is 10.9. The molecule has 1 aliphatic rings. The van der Waals surface area contributed by atoms with Crippen LogP contribution in [0.15, 0.2) is 42.5 Å². The molecule has 0 bridgehead atoms. The molecule has 3 rings (SSSR count). The molecular weight excluding hydrogens is 340 g/mol. The first-order chi connectivity index (χ1) is 12.1. The molecule has 0 aliphatic carbocycles. The Hall–Kier alpha value is -2.24. The van der Waals surface area contributed by atoms with Gasteiger partial charge < -0.3 is 19.7 Å². The average Bonchev–Trinajstić information content (AvgIpc) is 2.62. The summed E-state index contributed by atoms with van der Waals surface area (Å²) in [6.07, 6.45) is 0. The van der Waals surface area contributed by atoms with Crippen molar-refractivity contribution in [1.29, 1.82) is 0 Å². The minimum atomic E-state index is -0.200. The quantitative estimate of drug-likeness (QED) is 0.886. The lowest BCUT2D eigenvalue weighted by Crippen LogP contribution is -2.36. The third-order valence-electron chi connectivity index (χ3n) is 4.02. The SMILES string of the molecule is Cc1cc(Cl)ccc1OCC(=O)Nc1ccc(N2CCOCC2)cc1. The predicted molar refractivity (Wildman–Crippen MR) is 99.8 cm³/mol. The Kier molecular flexibility index (Phi) is 5.79. The molecule has 0 aromatic heterocycles. The van der Waals surface area contributed by atoms with Gasteiger partial charge in [-0.25, -0.2) is 0 Å². The van der Waals surface area contributed by atoms with E-state index in [1.165, 1.54) is 0 Å². The summed E-state index contributed by atoms with van der Waals surface area (Å²) in [7, 11) is 0. The molecular formula is C19H21ClN2O3. The fourth-order valence-corrected chi connectivity index (χ4v) is 2.92. The summed E-state index contributed by atoms with van der Waals surface area (Å²) in [6.45, 7) is 5.12. The largest absolute Gasteiger partial charge is 0.483 e. The molecule has 0 radical (unpaired) electrons. The average molecular weight is 361 g/mol. The van der Waals surface area contributed by atoms with E-state index in [9.17, 15) is 4.79 Å². The maximum atomic E-state index is 12.1. The number of nitrogens with zero attached hydrogens (tertiary/aromatic N) is 1. The Morgan fingerprint density at radius 2 is 1.92 bits per heavy atom. The number of anilines is 2. The molecule has 1 aliphatic heterocycles. The van der Waals surface area contributed by atoms with E-state index in [0.717, 1.165) is 43.2 Å². The standard InChI is InChI=1S/C19H21ClN2O3/c1-14-12-15(20)2-7-18(14)25-13-19(23)21-16-3-5-17(6-4-16)22-8-10-24-11-9-22/h2-7,12H,8-11,13H2,1H3,(H,21,23). The number of morpholine rings is 1. The first-order valence-corrected chi connectivity index (χ1v) is 8.61. The van der Waals surface area contributed by atoms with Crippen molar-refractivity contribution in [3.63, 3.8) is 0 Å². The molecule has 1 heterocycles. The van der Waals surface area contributed by atoms with Crippen LogP contribution in [-0.2, 0) is 9.53 Å². The van der Waals surface area contributed by atoms with Gasteiger partial charge in [0, 0.05) is 29.5 Å². The molecule has 0 unspecified atom stereocenters. The van der Waals surface area contributed by atoms with E-state index in [1.807, 2.05) is 31.2 Å². The second-order valence-corrected chi connectivity index (χ2v) is 6.33. The van der Waals surface area contributed by atoms with Crippen LogP contribution in [0.4, 0.5) is 11.4 Å². The van der Waals surface area contributed by atoms with Gasteiger partial charge in [0.2, 0.25) is 0 Å². The maximum absolute atomic E-state index is 12.1. The molecule has 6 heteroatoms. The second-order valence-electron chi connectivity index (χ2n) is 5.89. The number of rotatable bonds is 5. The number of nitrogens with one attached hydrogen (secondary N) is 1. The summed E-state index contributed by atoms with van der Waals surface area (Å²) in [5, 5.41) is 3.49. The van der Waals surface area contributed by atoms with E-state index in [0.29, 0.717) is 10.8 Å². The first-order valence-electron chi connectivity index (χ1n) is 8.23. The number of amides is 1.